The molecule has 4 heterocycles. The van der Waals surface area contributed by atoms with Gasteiger partial charge in [0.15, 0.2) is 68.8 Å². The molecule has 5 aromatic carbocycles. The van der Waals surface area contributed by atoms with E-state index in [-0.39, 0.29) is 82.9 Å². The molecule has 9 aromatic rings. The Balaban J connectivity index is 0.000000200. The molecule has 4 aromatic heterocycles. The molecule has 0 aliphatic heterocycles. The smallest absolute Gasteiger partial charge is 0.360 e. The number of aromatic nitrogens is 4. The van der Waals surface area contributed by atoms with E-state index in [4.69, 9.17) is 42.6 Å². The number of amides is 2. The van der Waals surface area contributed by atoms with Gasteiger partial charge in [0, 0.05) is 37.4 Å². The maximum Gasteiger partial charge on any atom is 0.360 e. The quantitative estimate of drug-likeness (QED) is 0.0289. The van der Waals surface area contributed by atoms with Gasteiger partial charge in [0.2, 0.25) is 0 Å². The maximum atomic E-state index is 13.1. The molecule has 94 heavy (non-hydrogen) atoms. The lowest BCUT2D eigenvalue weighted by Gasteiger charge is -2.16. The average Bonchev–Trinajstić information content (AvgIpc) is 0.890. The van der Waals surface area contributed by atoms with Gasteiger partial charge in [-0.15, -0.1) is 35.3 Å². The van der Waals surface area contributed by atoms with Gasteiger partial charge in [-0.05, 0) is 86.8 Å². The Morgan fingerprint density at radius 3 is 1.11 bits per heavy atom. The molecule has 0 saturated heterocycles. The van der Waals surface area contributed by atoms with Crippen molar-refractivity contribution < 1.29 is 75.7 Å². The van der Waals surface area contributed by atoms with Gasteiger partial charge in [0.05, 0.1) is 42.7 Å². The number of hydrogen-bond donors (Lipinski definition) is 3. The first-order chi connectivity index (χ1) is 45.5. The second-order valence-electron chi connectivity index (χ2n) is 18.9. The maximum absolute atomic E-state index is 13.1. The first-order valence-corrected chi connectivity index (χ1v) is 32.5. The van der Waals surface area contributed by atoms with Crippen molar-refractivity contribution in [2.45, 2.75) is 48.0 Å². The van der Waals surface area contributed by atoms with Crippen molar-refractivity contribution in [2.24, 2.45) is 0 Å². The molecule has 0 atom stereocenters. The third kappa shape index (κ3) is 22.0. The Kier molecular flexibility index (Phi) is 30.0. The molecule has 0 saturated carbocycles. The molecule has 0 spiro atoms. The van der Waals surface area contributed by atoms with Crippen LogP contribution in [0.25, 0.3) is 0 Å². The van der Waals surface area contributed by atoms with Crippen LogP contribution in [0.5, 0.6) is 46.0 Å². The van der Waals surface area contributed by atoms with Gasteiger partial charge < -0.3 is 58.4 Å². The van der Waals surface area contributed by atoms with E-state index in [1.54, 1.807) is 54.8 Å². The lowest BCUT2D eigenvalue weighted by Crippen LogP contribution is -2.25. The summed E-state index contributed by atoms with van der Waals surface area (Å²) in [4.78, 5) is 65.7. The highest BCUT2D eigenvalue weighted by Gasteiger charge is 2.25. The molecule has 9 rings (SSSR count). The standard InChI is InChI=1S/C22H21FN2O3S.C16H17NO4S.C15H14BrNO4.C15H15FN2O3S/c1-27-18-12-19(29-2)25-20(21(18)28-14-16-6-4-3-5-7-16)22(26)24-13-15-8-10-17(23)11-9-15;1-19-12-9-13(22-3)17-14(16(18)20-2)15(12)21-10-11-7-5-4-6-8-11;1-19-11-8-12(16)17-13(15(18)20-2)14(11)21-9-10-6-4-3-5-7-10;1-21-11-7-12(22-2)18-13(14(11)19)15(20)17-8-9-3-5-10(16)6-4-9/h3-12H,13-14H2,1-2H3,(H,24,26);4-9H,10H2,1-3H3;3-8H,9H2,1-2H3;3-7,19H,8H2,1-2H3,(H,17,20). The second kappa shape index (κ2) is 38.4. The summed E-state index contributed by atoms with van der Waals surface area (Å²) in [5.41, 5.74) is 4.65. The fraction of sp³-hybridized carbons (Fsp3) is 0.206. The third-order valence-corrected chi connectivity index (χ3v) is 15.1. The lowest BCUT2D eigenvalue weighted by molar-refractivity contribution is 0.0577. The minimum Gasteiger partial charge on any atom is -0.503 e. The van der Waals surface area contributed by atoms with Crippen molar-refractivity contribution in [1.29, 1.82) is 0 Å². The molecular weight excluding hydrogens is 1340 g/mol. The molecule has 0 unspecified atom stereocenters. The van der Waals surface area contributed by atoms with E-state index in [9.17, 15) is 33.1 Å². The predicted octanol–water partition coefficient (Wildman–Crippen LogP) is 13.4. The van der Waals surface area contributed by atoms with Crippen molar-refractivity contribution in [3.05, 3.63) is 231 Å². The highest BCUT2D eigenvalue weighted by molar-refractivity contribution is 9.10. The van der Waals surface area contributed by atoms with E-state index < -0.39 is 23.8 Å². The van der Waals surface area contributed by atoms with Crippen molar-refractivity contribution in [2.75, 3.05) is 61.4 Å². The monoisotopic (exact) mass is 1400 g/mol. The van der Waals surface area contributed by atoms with E-state index in [1.165, 1.54) is 102 Å². The number of thioether (sulfide) groups is 3. The van der Waals surface area contributed by atoms with Crippen LogP contribution in [0.2, 0.25) is 0 Å². The van der Waals surface area contributed by atoms with Crippen molar-refractivity contribution in [3.8, 4) is 46.0 Å². The van der Waals surface area contributed by atoms with Gasteiger partial charge in [-0.2, -0.15) is 0 Å². The average molecular weight is 1410 g/mol. The number of halogens is 3. The number of carbonyl (C=O) groups is 4. The van der Waals surface area contributed by atoms with Crippen molar-refractivity contribution >= 4 is 75.0 Å². The number of nitrogens with one attached hydrogen (secondary N) is 2. The predicted molar refractivity (Wildman–Crippen MR) is 358 cm³/mol. The van der Waals surface area contributed by atoms with Gasteiger partial charge in [-0.3, -0.25) is 9.59 Å². The zero-order valence-electron chi connectivity index (χ0n) is 52.5. The number of esters is 2. The van der Waals surface area contributed by atoms with Gasteiger partial charge in [-0.1, -0.05) is 115 Å². The number of hydrogen-bond acceptors (Lipinski definition) is 21. The minimum atomic E-state index is -0.585. The zero-order valence-corrected chi connectivity index (χ0v) is 56.6. The molecule has 3 N–H and O–H groups in total. The second-order valence-corrected chi connectivity index (χ2v) is 22.2. The lowest BCUT2D eigenvalue weighted by atomic mass is 10.2. The number of carbonyl (C=O) groups excluding carboxylic acids is 4. The number of nitrogens with zero attached hydrogens (tertiary/aromatic N) is 4. The number of rotatable bonds is 24. The Morgan fingerprint density at radius 1 is 0.426 bits per heavy atom. The Bertz CT molecular complexity index is 3930. The molecule has 0 aliphatic carbocycles. The largest absolute Gasteiger partial charge is 0.503 e. The van der Waals surface area contributed by atoms with E-state index in [2.05, 4.69) is 46.5 Å². The highest BCUT2D eigenvalue weighted by Crippen LogP contribution is 2.37. The van der Waals surface area contributed by atoms with E-state index in [0.717, 1.165) is 27.8 Å². The first-order valence-electron chi connectivity index (χ1n) is 28.0. The van der Waals surface area contributed by atoms with Gasteiger partial charge >= 0.3 is 11.9 Å². The summed E-state index contributed by atoms with van der Waals surface area (Å²) in [5.74, 6) is -0.725. The summed E-state index contributed by atoms with van der Waals surface area (Å²) in [6.07, 6.45) is 5.54. The normalized spacial score (nSPS) is 10.3. The molecule has 26 heteroatoms. The van der Waals surface area contributed by atoms with Crippen LogP contribution < -0.4 is 43.8 Å². The number of benzene rings is 5. The number of pyridine rings is 4. The summed E-state index contributed by atoms with van der Waals surface area (Å²) < 4.78 is 74.3. The molecule has 0 aliphatic rings. The molecule has 20 nitrogen and oxygen atoms in total. The molecule has 0 bridgehead atoms. The van der Waals surface area contributed by atoms with Crippen LogP contribution in [0.3, 0.4) is 0 Å². The molecule has 0 fully saturated rings. The van der Waals surface area contributed by atoms with Gasteiger partial charge in [-0.25, -0.2) is 38.3 Å². The van der Waals surface area contributed by atoms with Crippen LogP contribution in [0, 0.1) is 11.6 Å². The van der Waals surface area contributed by atoms with Crippen LogP contribution in [0.4, 0.5) is 8.78 Å². The fourth-order valence-electron chi connectivity index (χ4n) is 8.00. The summed E-state index contributed by atoms with van der Waals surface area (Å²) >= 11 is 7.37. The molecular formula is C68H67BrF2N6O14S3. The SMILES string of the molecule is COC(=O)c1nc(Br)cc(OC)c1OCc1ccccc1.COC(=O)c1nc(SC)cc(OC)c1OCc1ccccc1.COc1cc(SC)nc(C(=O)NCc2ccc(F)cc2)c1O.COc1cc(SC)nc(C(=O)NCc2ccc(F)cc2)c1OCc1ccccc1. The van der Waals surface area contributed by atoms with E-state index in [0.29, 0.717) is 50.1 Å². The minimum absolute atomic E-state index is 0.0691. The van der Waals surface area contributed by atoms with Crippen LogP contribution >= 0.6 is 51.2 Å². The molecule has 0 radical (unpaired) electrons. The number of methoxy groups -OCH3 is 6. The summed E-state index contributed by atoms with van der Waals surface area (Å²) in [7, 11) is 8.55. The van der Waals surface area contributed by atoms with Crippen LogP contribution in [-0.2, 0) is 42.4 Å². The fourth-order valence-corrected chi connectivity index (χ4v) is 9.61. The third-order valence-electron chi connectivity index (χ3n) is 12.8. The summed E-state index contributed by atoms with van der Waals surface area (Å²) in [6, 6.07) is 47.3. The van der Waals surface area contributed by atoms with Crippen molar-refractivity contribution in [3.63, 3.8) is 0 Å². The molecule has 2 amide bonds. The Labute approximate surface area is 563 Å². The van der Waals surface area contributed by atoms with Crippen LogP contribution in [0.15, 0.2) is 183 Å². The Morgan fingerprint density at radius 2 is 0.745 bits per heavy atom. The first kappa shape index (κ1) is 73.4. The van der Waals surface area contributed by atoms with E-state index >= 15 is 0 Å². The van der Waals surface area contributed by atoms with E-state index in [1.807, 2.05) is 104 Å². The summed E-state index contributed by atoms with van der Waals surface area (Å²) in [5, 5.41) is 17.3. The topological polar surface area (TPSA) is 247 Å². The summed E-state index contributed by atoms with van der Waals surface area (Å²) in [6.45, 7) is 1.32. The van der Waals surface area contributed by atoms with Crippen molar-refractivity contribution in [1.82, 2.24) is 30.6 Å². The number of aromatic hydroxyl groups is 1. The van der Waals surface area contributed by atoms with Gasteiger partial charge in [0.1, 0.15) is 51.1 Å². The van der Waals surface area contributed by atoms with Crippen LogP contribution in [0.1, 0.15) is 69.8 Å². The van der Waals surface area contributed by atoms with Gasteiger partial charge in [0.25, 0.3) is 11.8 Å². The Hall–Kier alpha value is -9.63. The van der Waals surface area contributed by atoms with Crippen LogP contribution in [-0.4, -0.2) is 110 Å². The zero-order chi connectivity index (χ0) is 67.9. The molecule has 492 valence electrons. The highest BCUT2D eigenvalue weighted by atomic mass is 79.9. The number of ether oxygens (including phenoxy) is 9.